The highest BCUT2D eigenvalue weighted by atomic mass is 16.5. The molecule has 110 valence electrons. The smallest absolute Gasteiger partial charge is 0.119 e. The highest BCUT2D eigenvalue weighted by Gasteiger charge is 1.96. The molecule has 2 aromatic carbocycles. The molecule has 0 amide bonds. The lowest BCUT2D eigenvalue weighted by Gasteiger charge is -2.07. The SMILES string of the molecule is C=CCOc1ccc(CCNCCc2ccccc2)cc1. The van der Waals surface area contributed by atoms with Gasteiger partial charge in [-0.05, 0) is 49.2 Å². The summed E-state index contributed by atoms with van der Waals surface area (Å²) < 4.78 is 5.47. The van der Waals surface area contributed by atoms with E-state index in [0.717, 1.165) is 31.7 Å². The van der Waals surface area contributed by atoms with Crippen LogP contribution in [0.25, 0.3) is 0 Å². The quantitative estimate of drug-likeness (QED) is 0.560. The zero-order valence-electron chi connectivity index (χ0n) is 12.4. The van der Waals surface area contributed by atoms with E-state index in [2.05, 4.69) is 54.4 Å². The van der Waals surface area contributed by atoms with Crippen molar-refractivity contribution in [3.8, 4) is 5.75 Å². The third kappa shape index (κ3) is 5.84. The Balaban J connectivity index is 1.63. The van der Waals surface area contributed by atoms with Gasteiger partial charge < -0.3 is 10.1 Å². The summed E-state index contributed by atoms with van der Waals surface area (Å²) in [6.45, 7) is 6.21. The van der Waals surface area contributed by atoms with Gasteiger partial charge in [-0.2, -0.15) is 0 Å². The van der Waals surface area contributed by atoms with E-state index in [1.54, 1.807) is 6.08 Å². The van der Waals surface area contributed by atoms with E-state index < -0.39 is 0 Å². The van der Waals surface area contributed by atoms with Crippen molar-refractivity contribution >= 4 is 0 Å². The minimum Gasteiger partial charge on any atom is -0.490 e. The highest BCUT2D eigenvalue weighted by Crippen LogP contribution is 2.12. The molecule has 0 unspecified atom stereocenters. The first-order valence-electron chi connectivity index (χ1n) is 7.46. The van der Waals surface area contributed by atoms with E-state index in [9.17, 15) is 0 Å². The predicted octanol–water partition coefficient (Wildman–Crippen LogP) is 3.63. The van der Waals surface area contributed by atoms with Crippen molar-refractivity contribution in [2.24, 2.45) is 0 Å². The zero-order valence-corrected chi connectivity index (χ0v) is 12.4. The van der Waals surface area contributed by atoms with Crippen LogP contribution in [0.3, 0.4) is 0 Å². The van der Waals surface area contributed by atoms with Gasteiger partial charge in [-0.3, -0.25) is 0 Å². The van der Waals surface area contributed by atoms with E-state index >= 15 is 0 Å². The summed E-state index contributed by atoms with van der Waals surface area (Å²) in [6.07, 6.45) is 3.87. The van der Waals surface area contributed by atoms with Gasteiger partial charge in [-0.1, -0.05) is 55.1 Å². The van der Waals surface area contributed by atoms with Crippen molar-refractivity contribution in [1.29, 1.82) is 0 Å². The van der Waals surface area contributed by atoms with Crippen LogP contribution in [0.2, 0.25) is 0 Å². The normalized spacial score (nSPS) is 10.3. The van der Waals surface area contributed by atoms with Crippen molar-refractivity contribution in [3.63, 3.8) is 0 Å². The van der Waals surface area contributed by atoms with Crippen LogP contribution in [0.15, 0.2) is 67.3 Å². The van der Waals surface area contributed by atoms with Crippen LogP contribution in [-0.2, 0) is 12.8 Å². The molecule has 0 aliphatic heterocycles. The third-order valence-corrected chi connectivity index (χ3v) is 3.31. The number of ether oxygens (including phenoxy) is 1. The molecule has 0 atom stereocenters. The van der Waals surface area contributed by atoms with Crippen molar-refractivity contribution in [3.05, 3.63) is 78.4 Å². The standard InChI is InChI=1S/C19H23NO/c1-2-16-21-19-10-8-18(9-11-19)13-15-20-14-12-17-6-4-3-5-7-17/h2-11,20H,1,12-16H2. The summed E-state index contributed by atoms with van der Waals surface area (Å²) in [5.41, 5.74) is 2.71. The maximum Gasteiger partial charge on any atom is 0.119 e. The molecule has 0 bridgehead atoms. The van der Waals surface area contributed by atoms with E-state index in [0.29, 0.717) is 6.61 Å². The number of hydrogen-bond donors (Lipinski definition) is 1. The molecular formula is C19H23NO. The Kier molecular flexibility index (Phi) is 6.56. The second kappa shape index (κ2) is 8.98. The third-order valence-electron chi connectivity index (χ3n) is 3.31. The highest BCUT2D eigenvalue weighted by molar-refractivity contribution is 5.27. The van der Waals surface area contributed by atoms with Gasteiger partial charge in [-0.25, -0.2) is 0 Å². The summed E-state index contributed by atoms with van der Waals surface area (Å²) in [5.74, 6) is 0.899. The molecule has 0 radical (unpaired) electrons. The van der Waals surface area contributed by atoms with Crippen LogP contribution in [0.5, 0.6) is 5.75 Å². The lowest BCUT2D eigenvalue weighted by atomic mass is 10.1. The van der Waals surface area contributed by atoms with Crippen LogP contribution in [0, 0.1) is 0 Å². The molecule has 21 heavy (non-hydrogen) atoms. The topological polar surface area (TPSA) is 21.3 Å². The number of hydrogen-bond acceptors (Lipinski definition) is 2. The first kappa shape index (κ1) is 15.3. The molecule has 0 saturated carbocycles. The van der Waals surface area contributed by atoms with E-state index in [1.807, 2.05) is 12.1 Å². The average Bonchev–Trinajstić information content (AvgIpc) is 2.55. The van der Waals surface area contributed by atoms with Gasteiger partial charge in [0.1, 0.15) is 12.4 Å². The van der Waals surface area contributed by atoms with Gasteiger partial charge in [-0.15, -0.1) is 0 Å². The maximum absolute atomic E-state index is 5.47. The fourth-order valence-electron chi connectivity index (χ4n) is 2.14. The van der Waals surface area contributed by atoms with Crippen LogP contribution in [0.1, 0.15) is 11.1 Å². The fraction of sp³-hybridized carbons (Fsp3) is 0.263. The van der Waals surface area contributed by atoms with E-state index in [1.165, 1.54) is 11.1 Å². The maximum atomic E-state index is 5.47. The summed E-state index contributed by atoms with van der Waals surface area (Å²) in [7, 11) is 0. The van der Waals surface area contributed by atoms with Crippen LogP contribution in [-0.4, -0.2) is 19.7 Å². The Morgan fingerprint density at radius 1 is 0.857 bits per heavy atom. The number of benzene rings is 2. The molecule has 0 spiro atoms. The minimum atomic E-state index is 0.556. The largest absolute Gasteiger partial charge is 0.490 e. The van der Waals surface area contributed by atoms with Crippen LogP contribution >= 0.6 is 0 Å². The summed E-state index contributed by atoms with van der Waals surface area (Å²) in [6, 6.07) is 18.9. The van der Waals surface area contributed by atoms with Crippen molar-refractivity contribution in [2.75, 3.05) is 19.7 Å². The minimum absolute atomic E-state index is 0.556. The van der Waals surface area contributed by atoms with Crippen LogP contribution in [0.4, 0.5) is 0 Å². The molecule has 2 heteroatoms. The summed E-state index contributed by atoms with van der Waals surface area (Å²) in [5, 5.41) is 3.49. The van der Waals surface area contributed by atoms with Gasteiger partial charge in [0, 0.05) is 0 Å². The molecule has 0 aliphatic carbocycles. The lowest BCUT2D eigenvalue weighted by molar-refractivity contribution is 0.363. The second-order valence-corrected chi connectivity index (χ2v) is 4.98. The molecule has 2 rings (SSSR count). The molecule has 0 aromatic heterocycles. The Labute approximate surface area is 127 Å². The molecule has 0 aliphatic rings. The molecule has 0 saturated heterocycles. The zero-order chi connectivity index (χ0) is 14.8. The van der Waals surface area contributed by atoms with E-state index in [-0.39, 0.29) is 0 Å². The van der Waals surface area contributed by atoms with Gasteiger partial charge in [0.15, 0.2) is 0 Å². The van der Waals surface area contributed by atoms with Gasteiger partial charge in [0.05, 0.1) is 0 Å². The molecule has 1 N–H and O–H groups in total. The van der Waals surface area contributed by atoms with Crippen molar-refractivity contribution < 1.29 is 4.74 Å². The Morgan fingerprint density at radius 2 is 1.48 bits per heavy atom. The van der Waals surface area contributed by atoms with Gasteiger partial charge in [0.25, 0.3) is 0 Å². The lowest BCUT2D eigenvalue weighted by Crippen LogP contribution is -2.20. The van der Waals surface area contributed by atoms with Crippen LogP contribution < -0.4 is 10.1 Å². The summed E-state index contributed by atoms with van der Waals surface area (Å²) >= 11 is 0. The van der Waals surface area contributed by atoms with Crippen molar-refractivity contribution in [1.82, 2.24) is 5.32 Å². The van der Waals surface area contributed by atoms with E-state index in [4.69, 9.17) is 4.74 Å². The molecule has 2 nitrogen and oxygen atoms in total. The first-order valence-corrected chi connectivity index (χ1v) is 7.46. The first-order chi connectivity index (χ1) is 10.4. The molecule has 0 heterocycles. The summed E-state index contributed by atoms with van der Waals surface area (Å²) in [4.78, 5) is 0. The molecule has 0 fully saturated rings. The number of rotatable bonds is 9. The monoisotopic (exact) mass is 281 g/mol. The van der Waals surface area contributed by atoms with Gasteiger partial charge >= 0.3 is 0 Å². The Morgan fingerprint density at radius 3 is 2.10 bits per heavy atom. The molecule has 2 aromatic rings. The number of nitrogens with one attached hydrogen (secondary N) is 1. The Hall–Kier alpha value is -2.06. The fourth-order valence-corrected chi connectivity index (χ4v) is 2.14. The second-order valence-electron chi connectivity index (χ2n) is 4.98. The van der Waals surface area contributed by atoms with Crippen molar-refractivity contribution in [2.45, 2.75) is 12.8 Å². The van der Waals surface area contributed by atoms with Gasteiger partial charge in [0.2, 0.25) is 0 Å². The Bertz CT molecular complexity index is 519. The molecular weight excluding hydrogens is 258 g/mol. The average molecular weight is 281 g/mol. The predicted molar refractivity (Wildman–Crippen MR) is 88.9 cm³/mol.